The van der Waals surface area contributed by atoms with Gasteiger partial charge in [-0.05, 0) is 60.3 Å². The summed E-state index contributed by atoms with van der Waals surface area (Å²) < 4.78 is 18.8. The van der Waals surface area contributed by atoms with Gasteiger partial charge in [0, 0.05) is 0 Å². The molecule has 1 atom stereocenters. The topological polar surface area (TPSA) is 26.3 Å². The second kappa shape index (κ2) is 7.23. The van der Waals surface area contributed by atoms with Gasteiger partial charge < -0.3 is 4.74 Å². The summed E-state index contributed by atoms with van der Waals surface area (Å²) in [5, 5.41) is -0.498. The predicted octanol–water partition coefficient (Wildman–Crippen LogP) is 4.32. The summed E-state index contributed by atoms with van der Waals surface area (Å²) in [5.74, 6) is -0.201. The van der Waals surface area contributed by atoms with E-state index in [2.05, 4.69) is 0 Å². The molecule has 0 amide bonds. The molecule has 2 aromatic rings. The summed E-state index contributed by atoms with van der Waals surface area (Å²) in [4.78, 5) is 11.7. The summed E-state index contributed by atoms with van der Waals surface area (Å²) in [7, 11) is 0. The number of hydrogen-bond donors (Lipinski definition) is 0. The van der Waals surface area contributed by atoms with Crippen molar-refractivity contribution in [3.05, 3.63) is 65.5 Å². The fourth-order valence-corrected chi connectivity index (χ4v) is 2.42. The first-order valence-corrected chi connectivity index (χ1v) is 7.14. The molecule has 0 aliphatic heterocycles. The van der Waals surface area contributed by atoms with E-state index in [1.165, 1.54) is 12.1 Å². The number of carbonyl (C=O) groups excluding carboxylic acids is 1. The molecule has 2 rings (SSSR count). The van der Waals surface area contributed by atoms with Crippen molar-refractivity contribution in [1.82, 2.24) is 0 Å². The largest absolute Gasteiger partial charge is 0.494 e. The first-order chi connectivity index (χ1) is 10.1. The van der Waals surface area contributed by atoms with Crippen LogP contribution in [0.15, 0.2) is 48.5 Å². The Morgan fingerprint density at radius 3 is 2.67 bits per heavy atom. The molecule has 0 saturated heterocycles. The second-order valence-electron chi connectivity index (χ2n) is 4.70. The predicted molar refractivity (Wildman–Crippen MR) is 81.3 cm³/mol. The van der Waals surface area contributed by atoms with Crippen LogP contribution in [0.2, 0.25) is 0 Å². The Hall–Kier alpha value is -1.87. The highest BCUT2D eigenvalue weighted by molar-refractivity contribution is 6.64. The molecule has 0 N–H and O–H groups in total. The van der Waals surface area contributed by atoms with Gasteiger partial charge >= 0.3 is 0 Å². The quantitative estimate of drug-likeness (QED) is 0.743. The third-order valence-corrected chi connectivity index (χ3v) is 3.44. The molecule has 0 radical (unpaired) electrons. The first-order valence-electron chi connectivity index (χ1n) is 6.76. The molecular formula is C17H16ClFO2. The number of hydrogen-bond acceptors (Lipinski definition) is 2. The molecule has 4 heteroatoms. The van der Waals surface area contributed by atoms with Gasteiger partial charge in [-0.3, -0.25) is 4.79 Å². The molecule has 0 fully saturated rings. The fraction of sp³-hybridized carbons (Fsp3) is 0.235. The van der Waals surface area contributed by atoms with Gasteiger partial charge in [0.15, 0.2) is 0 Å². The Bertz CT molecular complexity index is 628. The van der Waals surface area contributed by atoms with Crippen LogP contribution in [0.3, 0.4) is 0 Å². The monoisotopic (exact) mass is 306 g/mol. The highest BCUT2D eigenvalue weighted by Gasteiger charge is 2.20. The number of benzene rings is 2. The van der Waals surface area contributed by atoms with Crippen LogP contribution in [-0.2, 0) is 11.2 Å². The highest BCUT2D eigenvalue weighted by Crippen LogP contribution is 2.26. The number of rotatable bonds is 6. The van der Waals surface area contributed by atoms with Crippen LogP contribution in [0.1, 0.15) is 24.0 Å². The van der Waals surface area contributed by atoms with Crippen molar-refractivity contribution in [2.24, 2.45) is 0 Å². The van der Waals surface area contributed by atoms with Crippen LogP contribution >= 0.6 is 11.6 Å². The summed E-state index contributed by atoms with van der Waals surface area (Å²) in [5.41, 5.74) is 1.50. The lowest BCUT2D eigenvalue weighted by Crippen LogP contribution is -2.10. The lowest BCUT2D eigenvalue weighted by Gasteiger charge is -2.14. The van der Waals surface area contributed by atoms with Gasteiger partial charge in [-0.15, -0.1) is 0 Å². The van der Waals surface area contributed by atoms with Crippen molar-refractivity contribution in [3.63, 3.8) is 0 Å². The zero-order valence-corrected chi connectivity index (χ0v) is 12.4. The first kappa shape index (κ1) is 15.5. The van der Waals surface area contributed by atoms with E-state index in [1.54, 1.807) is 12.1 Å². The molecule has 0 spiro atoms. The summed E-state index contributed by atoms with van der Waals surface area (Å²) in [6.07, 6.45) is 0.409. The fourth-order valence-electron chi connectivity index (χ4n) is 2.22. The van der Waals surface area contributed by atoms with E-state index in [1.807, 2.05) is 31.2 Å². The highest BCUT2D eigenvalue weighted by atomic mass is 35.5. The van der Waals surface area contributed by atoms with E-state index in [9.17, 15) is 9.18 Å². The van der Waals surface area contributed by atoms with E-state index >= 15 is 0 Å². The maximum atomic E-state index is 13.3. The Morgan fingerprint density at radius 1 is 1.24 bits per heavy atom. The van der Waals surface area contributed by atoms with Crippen molar-refractivity contribution in [2.45, 2.75) is 19.3 Å². The Labute approximate surface area is 128 Å². The molecule has 0 heterocycles. The smallest absolute Gasteiger partial charge is 0.229 e. The van der Waals surface area contributed by atoms with Crippen LogP contribution in [-0.4, -0.2) is 11.8 Å². The Morgan fingerprint density at radius 2 is 2.00 bits per heavy atom. The van der Waals surface area contributed by atoms with Gasteiger partial charge in [0.05, 0.1) is 12.5 Å². The van der Waals surface area contributed by atoms with Crippen molar-refractivity contribution < 1.29 is 13.9 Å². The minimum Gasteiger partial charge on any atom is -0.494 e. The van der Waals surface area contributed by atoms with Crippen molar-refractivity contribution in [1.29, 1.82) is 0 Å². The van der Waals surface area contributed by atoms with Gasteiger partial charge in [-0.1, -0.05) is 24.3 Å². The molecule has 0 aromatic heterocycles. The summed E-state index contributed by atoms with van der Waals surface area (Å²) in [6, 6.07) is 13.5. The van der Waals surface area contributed by atoms with Crippen LogP contribution in [0, 0.1) is 5.82 Å². The maximum absolute atomic E-state index is 13.3. The zero-order chi connectivity index (χ0) is 15.2. The Balaban J connectivity index is 2.24. The zero-order valence-electron chi connectivity index (χ0n) is 11.7. The average Bonchev–Trinajstić information content (AvgIpc) is 2.45. The summed E-state index contributed by atoms with van der Waals surface area (Å²) in [6.45, 7) is 2.48. The van der Waals surface area contributed by atoms with Crippen molar-refractivity contribution in [3.8, 4) is 5.75 Å². The third kappa shape index (κ3) is 4.30. The van der Waals surface area contributed by atoms with Crippen LogP contribution in [0.25, 0.3) is 0 Å². The Kier molecular flexibility index (Phi) is 5.34. The molecular weight excluding hydrogens is 291 g/mol. The minimum atomic E-state index is -0.570. The van der Waals surface area contributed by atoms with Crippen molar-refractivity contribution >= 4 is 16.8 Å². The van der Waals surface area contributed by atoms with Gasteiger partial charge in [-0.25, -0.2) is 4.39 Å². The van der Waals surface area contributed by atoms with E-state index in [-0.39, 0.29) is 5.82 Å². The normalized spacial score (nSPS) is 12.0. The average molecular weight is 307 g/mol. The van der Waals surface area contributed by atoms with Crippen LogP contribution in [0.5, 0.6) is 5.75 Å². The lowest BCUT2D eigenvalue weighted by molar-refractivity contribution is -0.113. The summed E-state index contributed by atoms with van der Waals surface area (Å²) >= 11 is 5.69. The molecule has 0 aliphatic carbocycles. The van der Waals surface area contributed by atoms with Crippen LogP contribution in [0.4, 0.5) is 4.39 Å². The molecule has 2 nitrogen and oxygen atoms in total. The number of halogens is 2. The number of ether oxygens (including phenoxy) is 1. The number of carbonyl (C=O) groups is 1. The minimum absolute atomic E-state index is 0.376. The molecule has 110 valence electrons. The molecule has 0 saturated carbocycles. The SMILES string of the molecule is CCOc1cccc(CC(C(=O)Cl)c2cccc(F)c2)c1. The van der Waals surface area contributed by atoms with E-state index in [0.717, 1.165) is 11.3 Å². The molecule has 2 aromatic carbocycles. The van der Waals surface area contributed by atoms with Gasteiger partial charge in [0.2, 0.25) is 5.24 Å². The lowest BCUT2D eigenvalue weighted by atomic mass is 9.93. The van der Waals surface area contributed by atoms with E-state index in [4.69, 9.17) is 16.3 Å². The third-order valence-electron chi connectivity index (χ3n) is 3.17. The van der Waals surface area contributed by atoms with Crippen molar-refractivity contribution in [2.75, 3.05) is 6.61 Å². The molecule has 0 aliphatic rings. The molecule has 0 bridgehead atoms. The molecule has 1 unspecified atom stereocenters. The van der Waals surface area contributed by atoms with Gasteiger partial charge in [-0.2, -0.15) is 0 Å². The van der Waals surface area contributed by atoms with Gasteiger partial charge in [0.25, 0.3) is 0 Å². The second-order valence-corrected chi connectivity index (χ2v) is 5.07. The molecule has 21 heavy (non-hydrogen) atoms. The van der Waals surface area contributed by atoms with Gasteiger partial charge in [0.1, 0.15) is 11.6 Å². The van der Waals surface area contributed by atoms with E-state index in [0.29, 0.717) is 18.6 Å². The standard InChI is InChI=1S/C17H16ClFO2/c1-2-21-15-8-3-5-12(9-15)10-16(17(18)20)13-6-4-7-14(19)11-13/h3-9,11,16H,2,10H2,1H3. The van der Waals surface area contributed by atoms with Crippen LogP contribution < -0.4 is 4.74 Å². The maximum Gasteiger partial charge on any atom is 0.229 e. The van der Waals surface area contributed by atoms with E-state index < -0.39 is 11.2 Å².